The van der Waals surface area contributed by atoms with Crippen molar-refractivity contribution in [3.8, 4) is 11.4 Å². The number of benzene rings is 1. The Balaban J connectivity index is 2.17. The molecule has 2 N–H and O–H groups in total. The molecule has 18 heavy (non-hydrogen) atoms. The van der Waals surface area contributed by atoms with Crippen molar-refractivity contribution < 1.29 is 0 Å². The van der Waals surface area contributed by atoms with Gasteiger partial charge in [-0.05, 0) is 37.0 Å². The quantitative estimate of drug-likeness (QED) is 0.902. The minimum Gasteiger partial charge on any atom is -0.325 e. The van der Waals surface area contributed by atoms with Crippen molar-refractivity contribution in [1.82, 2.24) is 9.97 Å². The number of aryl methyl sites for hydroxylation is 1. The van der Waals surface area contributed by atoms with Gasteiger partial charge in [-0.2, -0.15) is 0 Å². The van der Waals surface area contributed by atoms with Gasteiger partial charge in [0.25, 0.3) is 0 Å². The molecular formula is C14H14ClN3. The van der Waals surface area contributed by atoms with E-state index in [2.05, 4.69) is 9.97 Å². The predicted molar refractivity (Wildman–Crippen MR) is 72.4 cm³/mol. The maximum absolute atomic E-state index is 6.19. The number of nitrogens with zero attached hydrogens (tertiary/aromatic N) is 2. The molecule has 0 spiro atoms. The van der Waals surface area contributed by atoms with E-state index < -0.39 is 0 Å². The van der Waals surface area contributed by atoms with Crippen molar-refractivity contribution in [2.45, 2.75) is 25.8 Å². The second-order valence-corrected chi connectivity index (χ2v) is 4.86. The van der Waals surface area contributed by atoms with Gasteiger partial charge in [0.05, 0.1) is 10.7 Å². The van der Waals surface area contributed by atoms with Crippen LogP contribution in [-0.2, 0) is 19.4 Å². The molecule has 1 aliphatic carbocycles. The summed E-state index contributed by atoms with van der Waals surface area (Å²) in [6.45, 7) is 0.461. The minimum absolute atomic E-state index is 0.461. The molecule has 1 aromatic heterocycles. The Bertz CT molecular complexity index is 596. The molecule has 2 aromatic rings. The van der Waals surface area contributed by atoms with Gasteiger partial charge in [-0.3, -0.25) is 0 Å². The highest BCUT2D eigenvalue weighted by atomic mass is 35.5. The summed E-state index contributed by atoms with van der Waals surface area (Å²) >= 11 is 6.19. The second-order valence-electron chi connectivity index (χ2n) is 4.46. The predicted octanol–water partition coefficient (Wildman–Crippen LogP) is 2.74. The molecule has 1 heterocycles. The fourth-order valence-corrected chi connectivity index (χ4v) is 2.66. The molecule has 0 unspecified atom stereocenters. The van der Waals surface area contributed by atoms with Gasteiger partial charge in [-0.1, -0.05) is 23.7 Å². The van der Waals surface area contributed by atoms with Gasteiger partial charge in [0, 0.05) is 17.8 Å². The molecule has 1 aromatic carbocycles. The molecule has 92 valence electrons. The molecule has 0 saturated heterocycles. The van der Waals surface area contributed by atoms with Crippen molar-refractivity contribution in [2.75, 3.05) is 0 Å². The molecule has 0 bridgehead atoms. The van der Waals surface area contributed by atoms with Crippen LogP contribution in [0.1, 0.15) is 23.4 Å². The highest BCUT2D eigenvalue weighted by molar-refractivity contribution is 6.33. The van der Waals surface area contributed by atoms with Crippen molar-refractivity contribution in [3.05, 3.63) is 46.2 Å². The van der Waals surface area contributed by atoms with Crippen LogP contribution in [0.2, 0.25) is 5.02 Å². The van der Waals surface area contributed by atoms with E-state index in [1.54, 1.807) is 0 Å². The number of nitrogens with two attached hydrogens (primary N) is 1. The summed E-state index contributed by atoms with van der Waals surface area (Å²) < 4.78 is 0. The first-order valence-corrected chi connectivity index (χ1v) is 6.51. The van der Waals surface area contributed by atoms with Crippen molar-refractivity contribution in [2.24, 2.45) is 5.73 Å². The topological polar surface area (TPSA) is 51.8 Å². The number of halogens is 1. The Morgan fingerprint density at radius 3 is 2.78 bits per heavy atom. The van der Waals surface area contributed by atoms with Crippen LogP contribution in [0.5, 0.6) is 0 Å². The van der Waals surface area contributed by atoms with Crippen LogP contribution in [0.3, 0.4) is 0 Å². The SMILES string of the molecule is NCc1nc(-c2ccccc2Cl)nc2c1CCC2. The Morgan fingerprint density at radius 1 is 1.17 bits per heavy atom. The van der Waals surface area contributed by atoms with E-state index in [-0.39, 0.29) is 0 Å². The Morgan fingerprint density at radius 2 is 2.00 bits per heavy atom. The standard InChI is InChI=1S/C14H14ClN3/c15-11-6-2-1-4-9(11)14-17-12-7-3-5-10(12)13(8-16)18-14/h1-2,4,6H,3,5,7-8,16H2. The third-order valence-electron chi connectivity index (χ3n) is 3.33. The van der Waals surface area contributed by atoms with Gasteiger partial charge in [-0.25, -0.2) is 9.97 Å². The number of rotatable bonds is 2. The van der Waals surface area contributed by atoms with Crippen LogP contribution >= 0.6 is 11.6 Å². The number of hydrogen-bond donors (Lipinski definition) is 1. The lowest BCUT2D eigenvalue weighted by Gasteiger charge is -2.09. The number of fused-ring (bicyclic) bond motifs is 1. The van der Waals surface area contributed by atoms with E-state index in [0.29, 0.717) is 17.4 Å². The van der Waals surface area contributed by atoms with Crippen LogP contribution in [0.25, 0.3) is 11.4 Å². The summed E-state index contributed by atoms with van der Waals surface area (Å²) in [5, 5.41) is 0.679. The van der Waals surface area contributed by atoms with Gasteiger partial charge >= 0.3 is 0 Å². The third-order valence-corrected chi connectivity index (χ3v) is 3.66. The minimum atomic E-state index is 0.461. The molecule has 0 atom stereocenters. The van der Waals surface area contributed by atoms with E-state index >= 15 is 0 Å². The van der Waals surface area contributed by atoms with Crippen molar-refractivity contribution >= 4 is 11.6 Å². The highest BCUT2D eigenvalue weighted by Gasteiger charge is 2.19. The van der Waals surface area contributed by atoms with Gasteiger partial charge < -0.3 is 5.73 Å². The molecule has 0 fully saturated rings. The summed E-state index contributed by atoms with van der Waals surface area (Å²) in [6, 6.07) is 7.65. The van der Waals surface area contributed by atoms with Gasteiger partial charge in [-0.15, -0.1) is 0 Å². The van der Waals surface area contributed by atoms with Gasteiger partial charge in [0.15, 0.2) is 5.82 Å². The first kappa shape index (κ1) is 11.6. The normalized spacial score (nSPS) is 13.7. The first-order chi connectivity index (χ1) is 8.79. The lowest BCUT2D eigenvalue weighted by Crippen LogP contribution is -2.08. The molecular weight excluding hydrogens is 246 g/mol. The average Bonchev–Trinajstić information content (AvgIpc) is 2.86. The molecule has 0 amide bonds. The summed E-state index contributed by atoms with van der Waals surface area (Å²) in [7, 11) is 0. The molecule has 1 aliphatic rings. The van der Waals surface area contributed by atoms with Crippen LogP contribution in [0.4, 0.5) is 0 Å². The smallest absolute Gasteiger partial charge is 0.161 e. The molecule has 0 aliphatic heterocycles. The van der Waals surface area contributed by atoms with Gasteiger partial charge in [0.2, 0.25) is 0 Å². The molecule has 3 rings (SSSR count). The zero-order valence-corrected chi connectivity index (χ0v) is 10.7. The summed E-state index contributed by atoms with van der Waals surface area (Å²) in [5.74, 6) is 0.696. The van der Waals surface area contributed by atoms with Crippen molar-refractivity contribution in [1.29, 1.82) is 0 Å². The van der Waals surface area contributed by atoms with E-state index in [1.165, 1.54) is 5.56 Å². The van der Waals surface area contributed by atoms with Crippen LogP contribution in [0.15, 0.2) is 24.3 Å². The van der Waals surface area contributed by atoms with Crippen LogP contribution in [-0.4, -0.2) is 9.97 Å². The lowest BCUT2D eigenvalue weighted by atomic mass is 10.1. The Kier molecular flexibility index (Phi) is 3.02. The summed E-state index contributed by atoms with van der Waals surface area (Å²) in [4.78, 5) is 9.22. The number of aromatic nitrogens is 2. The Labute approximate surface area is 111 Å². The number of hydrogen-bond acceptors (Lipinski definition) is 3. The average molecular weight is 260 g/mol. The van der Waals surface area contributed by atoms with Crippen LogP contribution in [0, 0.1) is 0 Å². The van der Waals surface area contributed by atoms with Gasteiger partial charge in [0.1, 0.15) is 0 Å². The largest absolute Gasteiger partial charge is 0.325 e. The molecule has 3 nitrogen and oxygen atoms in total. The van der Waals surface area contributed by atoms with E-state index in [4.69, 9.17) is 17.3 Å². The fourth-order valence-electron chi connectivity index (χ4n) is 2.44. The summed E-state index contributed by atoms with van der Waals surface area (Å²) in [5.41, 5.74) is 10.0. The van der Waals surface area contributed by atoms with E-state index in [0.717, 1.165) is 36.2 Å². The highest BCUT2D eigenvalue weighted by Crippen LogP contribution is 2.29. The monoisotopic (exact) mass is 259 g/mol. The second kappa shape index (κ2) is 4.67. The third kappa shape index (κ3) is 1.89. The zero-order chi connectivity index (χ0) is 12.5. The lowest BCUT2D eigenvalue weighted by molar-refractivity contribution is 0.892. The molecule has 4 heteroatoms. The van der Waals surface area contributed by atoms with E-state index in [1.807, 2.05) is 24.3 Å². The maximum atomic E-state index is 6.19. The fraction of sp³-hybridized carbons (Fsp3) is 0.286. The summed E-state index contributed by atoms with van der Waals surface area (Å²) in [6.07, 6.45) is 3.20. The molecule has 0 radical (unpaired) electrons. The van der Waals surface area contributed by atoms with Crippen molar-refractivity contribution in [3.63, 3.8) is 0 Å². The first-order valence-electron chi connectivity index (χ1n) is 6.13. The Hall–Kier alpha value is -1.45. The van der Waals surface area contributed by atoms with E-state index in [9.17, 15) is 0 Å². The van der Waals surface area contributed by atoms with Crippen LogP contribution < -0.4 is 5.73 Å². The zero-order valence-electron chi connectivity index (χ0n) is 9.99. The molecule has 0 saturated carbocycles. The maximum Gasteiger partial charge on any atom is 0.161 e.